The van der Waals surface area contributed by atoms with Crippen LogP contribution in [0.25, 0.3) is 0 Å². The third-order valence-electron chi connectivity index (χ3n) is 3.28. The molecule has 0 saturated carbocycles. The first kappa shape index (κ1) is 15.0. The van der Waals surface area contributed by atoms with Crippen LogP contribution in [0.3, 0.4) is 0 Å². The molecular formula is C14H24N4O2. The van der Waals surface area contributed by atoms with E-state index in [0.29, 0.717) is 5.88 Å². The number of rotatable bonds is 6. The number of nitrogens with one attached hydrogen (secondary N) is 1. The third-order valence-corrected chi connectivity index (χ3v) is 3.28. The first-order valence-corrected chi connectivity index (χ1v) is 7.16. The number of anilines is 1. The summed E-state index contributed by atoms with van der Waals surface area (Å²) in [5, 5.41) is 3.35. The van der Waals surface area contributed by atoms with E-state index in [0.717, 1.165) is 51.0 Å². The maximum Gasteiger partial charge on any atom is 0.218 e. The summed E-state index contributed by atoms with van der Waals surface area (Å²) in [5.41, 5.74) is 0. The lowest BCUT2D eigenvalue weighted by Crippen LogP contribution is -2.39. The number of morpholine rings is 1. The van der Waals surface area contributed by atoms with Crippen LogP contribution in [0, 0.1) is 0 Å². The lowest BCUT2D eigenvalue weighted by atomic mass is 10.2. The van der Waals surface area contributed by atoms with Gasteiger partial charge in [0.05, 0.1) is 20.3 Å². The summed E-state index contributed by atoms with van der Waals surface area (Å²) in [7, 11) is 1.63. The highest BCUT2D eigenvalue weighted by Crippen LogP contribution is 2.18. The Labute approximate surface area is 120 Å². The first-order valence-electron chi connectivity index (χ1n) is 7.16. The first-order chi connectivity index (χ1) is 9.69. The number of methoxy groups -OCH3 is 1. The molecule has 6 heteroatoms. The summed E-state index contributed by atoms with van der Waals surface area (Å²) in [4.78, 5) is 11.3. The van der Waals surface area contributed by atoms with Crippen LogP contribution in [-0.2, 0) is 4.74 Å². The van der Waals surface area contributed by atoms with Crippen molar-refractivity contribution in [1.82, 2.24) is 14.9 Å². The molecule has 1 aromatic rings. The van der Waals surface area contributed by atoms with Gasteiger partial charge in [0.25, 0.3) is 0 Å². The predicted octanol–water partition coefficient (Wildman–Crippen LogP) is 1.35. The molecule has 0 spiro atoms. The van der Waals surface area contributed by atoms with Crippen LogP contribution >= 0.6 is 0 Å². The van der Waals surface area contributed by atoms with Crippen molar-refractivity contribution in [2.75, 3.05) is 51.8 Å². The maximum atomic E-state index is 5.34. The second-order valence-electron chi connectivity index (χ2n) is 5.19. The highest BCUT2D eigenvalue weighted by atomic mass is 16.5. The molecule has 20 heavy (non-hydrogen) atoms. The molecule has 0 atom stereocenters. The fourth-order valence-corrected chi connectivity index (χ4v) is 2.06. The monoisotopic (exact) mass is 280 g/mol. The second-order valence-corrected chi connectivity index (χ2v) is 5.19. The molecule has 0 radical (unpaired) electrons. The van der Waals surface area contributed by atoms with E-state index >= 15 is 0 Å². The Morgan fingerprint density at radius 3 is 2.75 bits per heavy atom. The van der Waals surface area contributed by atoms with E-state index in [4.69, 9.17) is 9.47 Å². The van der Waals surface area contributed by atoms with Crippen molar-refractivity contribution >= 4 is 5.82 Å². The second kappa shape index (κ2) is 7.40. The van der Waals surface area contributed by atoms with Gasteiger partial charge in [0.2, 0.25) is 5.88 Å². The Hall–Kier alpha value is -1.40. The van der Waals surface area contributed by atoms with Gasteiger partial charge in [0.15, 0.2) is 0 Å². The minimum atomic E-state index is 0.282. The van der Waals surface area contributed by atoms with E-state index in [2.05, 4.69) is 34.0 Å². The fourth-order valence-electron chi connectivity index (χ4n) is 2.06. The highest BCUT2D eigenvalue weighted by Gasteiger charge is 2.11. The van der Waals surface area contributed by atoms with Crippen molar-refractivity contribution in [2.45, 2.75) is 19.8 Å². The van der Waals surface area contributed by atoms with Crippen molar-refractivity contribution in [2.24, 2.45) is 0 Å². The lowest BCUT2D eigenvalue weighted by Gasteiger charge is -2.26. The average molecular weight is 280 g/mol. The van der Waals surface area contributed by atoms with Crippen molar-refractivity contribution in [3.8, 4) is 5.88 Å². The van der Waals surface area contributed by atoms with E-state index in [-0.39, 0.29) is 5.92 Å². The minimum Gasteiger partial charge on any atom is -0.481 e. The maximum absolute atomic E-state index is 5.34. The zero-order chi connectivity index (χ0) is 14.4. The number of hydrogen-bond acceptors (Lipinski definition) is 6. The zero-order valence-electron chi connectivity index (χ0n) is 12.6. The van der Waals surface area contributed by atoms with Gasteiger partial charge in [0.1, 0.15) is 11.6 Å². The van der Waals surface area contributed by atoms with Crippen LogP contribution in [-0.4, -0.2) is 61.4 Å². The molecule has 0 aliphatic carbocycles. The molecule has 2 rings (SSSR count). The zero-order valence-corrected chi connectivity index (χ0v) is 12.6. The van der Waals surface area contributed by atoms with Crippen LogP contribution in [0.1, 0.15) is 25.6 Å². The minimum absolute atomic E-state index is 0.282. The predicted molar refractivity (Wildman–Crippen MR) is 78.4 cm³/mol. The van der Waals surface area contributed by atoms with E-state index in [1.807, 2.05) is 6.07 Å². The molecule has 1 aromatic heterocycles. The molecule has 1 N–H and O–H groups in total. The van der Waals surface area contributed by atoms with Gasteiger partial charge in [-0.05, 0) is 0 Å². The van der Waals surface area contributed by atoms with Crippen LogP contribution in [0.2, 0.25) is 0 Å². The Balaban J connectivity index is 1.89. The molecule has 112 valence electrons. The summed E-state index contributed by atoms with van der Waals surface area (Å²) < 4.78 is 10.6. The van der Waals surface area contributed by atoms with Crippen molar-refractivity contribution in [3.63, 3.8) is 0 Å². The van der Waals surface area contributed by atoms with Gasteiger partial charge in [-0.1, -0.05) is 13.8 Å². The Morgan fingerprint density at radius 1 is 1.35 bits per heavy atom. The number of nitrogens with zero attached hydrogens (tertiary/aromatic N) is 3. The van der Waals surface area contributed by atoms with Gasteiger partial charge < -0.3 is 14.8 Å². The van der Waals surface area contributed by atoms with E-state index in [1.54, 1.807) is 7.11 Å². The Morgan fingerprint density at radius 2 is 2.10 bits per heavy atom. The number of hydrogen-bond donors (Lipinski definition) is 1. The standard InChI is InChI=1S/C14H24N4O2/c1-11(2)14-16-12(10-13(17-14)19-3)15-4-5-18-6-8-20-9-7-18/h10-11H,4-9H2,1-3H3,(H,15,16,17). The summed E-state index contributed by atoms with van der Waals surface area (Å²) in [6, 6.07) is 1.84. The SMILES string of the molecule is COc1cc(NCCN2CCOCC2)nc(C(C)C)n1. The van der Waals surface area contributed by atoms with Crippen molar-refractivity contribution in [1.29, 1.82) is 0 Å². The molecule has 6 nitrogen and oxygen atoms in total. The molecular weight excluding hydrogens is 256 g/mol. The van der Waals surface area contributed by atoms with Gasteiger partial charge in [-0.2, -0.15) is 4.98 Å². The molecule has 1 aliphatic rings. The summed E-state index contributed by atoms with van der Waals surface area (Å²) >= 11 is 0. The van der Waals surface area contributed by atoms with Crippen molar-refractivity contribution < 1.29 is 9.47 Å². The summed E-state index contributed by atoms with van der Waals surface area (Å²) in [6.45, 7) is 9.68. The van der Waals surface area contributed by atoms with Gasteiger partial charge in [-0.3, -0.25) is 4.90 Å². The smallest absolute Gasteiger partial charge is 0.218 e. The third kappa shape index (κ3) is 4.31. The lowest BCUT2D eigenvalue weighted by molar-refractivity contribution is 0.0398. The molecule has 0 bridgehead atoms. The molecule has 0 unspecified atom stereocenters. The van der Waals surface area contributed by atoms with Gasteiger partial charge >= 0.3 is 0 Å². The molecule has 2 heterocycles. The van der Waals surface area contributed by atoms with Crippen molar-refractivity contribution in [3.05, 3.63) is 11.9 Å². The van der Waals surface area contributed by atoms with E-state index in [1.165, 1.54) is 0 Å². The molecule has 1 saturated heterocycles. The molecule has 1 fully saturated rings. The van der Waals surface area contributed by atoms with Gasteiger partial charge in [-0.15, -0.1) is 0 Å². The topological polar surface area (TPSA) is 59.5 Å². The largest absolute Gasteiger partial charge is 0.481 e. The number of ether oxygens (including phenoxy) is 2. The van der Waals surface area contributed by atoms with Crippen LogP contribution in [0.15, 0.2) is 6.07 Å². The number of aromatic nitrogens is 2. The van der Waals surface area contributed by atoms with Crippen LogP contribution in [0.5, 0.6) is 5.88 Å². The highest BCUT2D eigenvalue weighted by molar-refractivity contribution is 5.38. The summed E-state index contributed by atoms with van der Waals surface area (Å²) in [5.74, 6) is 2.52. The van der Waals surface area contributed by atoms with E-state index in [9.17, 15) is 0 Å². The van der Waals surface area contributed by atoms with Crippen LogP contribution in [0.4, 0.5) is 5.82 Å². The average Bonchev–Trinajstić information content (AvgIpc) is 2.48. The van der Waals surface area contributed by atoms with E-state index < -0.39 is 0 Å². The quantitative estimate of drug-likeness (QED) is 0.849. The fraction of sp³-hybridized carbons (Fsp3) is 0.714. The van der Waals surface area contributed by atoms with Gasteiger partial charge in [0, 0.05) is 38.2 Å². The Bertz CT molecular complexity index is 420. The normalized spacial score (nSPS) is 16.4. The Kier molecular flexibility index (Phi) is 5.55. The molecule has 0 aromatic carbocycles. The summed E-state index contributed by atoms with van der Waals surface area (Å²) in [6.07, 6.45) is 0. The van der Waals surface area contributed by atoms with Gasteiger partial charge in [-0.25, -0.2) is 4.98 Å². The molecule has 1 aliphatic heterocycles. The van der Waals surface area contributed by atoms with Crippen LogP contribution < -0.4 is 10.1 Å². The molecule has 0 amide bonds.